The fourth-order valence-corrected chi connectivity index (χ4v) is 6.67. The number of anilines is 1. The van der Waals surface area contributed by atoms with Gasteiger partial charge in [0.25, 0.3) is 5.91 Å². The molecule has 1 amide bonds. The third kappa shape index (κ3) is 3.92. The Bertz CT molecular complexity index is 1440. The Hall–Kier alpha value is -2.99. The van der Waals surface area contributed by atoms with E-state index in [4.69, 9.17) is 4.74 Å². The van der Waals surface area contributed by atoms with Crippen LogP contribution in [0.3, 0.4) is 0 Å². The molecular formula is C31H32BrN3O2. The van der Waals surface area contributed by atoms with Crippen molar-refractivity contribution in [3.05, 3.63) is 75.3 Å². The van der Waals surface area contributed by atoms with E-state index in [9.17, 15) is 4.79 Å². The number of benzene rings is 3. The Morgan fingerprint density at radius 2 is 1.78 bits per heavy atom. The van der Waals surface area contributed by atoms with Crippen molar-refractivity contribution in [2.24, 2.45) is 0 Å². The Morgan fingerprint density at radius 3 is 2.46 bits per heavy atom. The molecule has 3 fully saturated rings. The van der Waals surface area contributed by atoms with Crippen LogP contribution in [-0.2, 0) is 0 Å². The molecule has 5 nitrogen and oxygen atoms in total. The van der Waals surface area contributed by atoms with E-state index >= 15 is 0 Å². The van der Waals surface area contributed by atoms with E-state index in [2.05, 4.69) is 69.0 Å². The summed E-state index contributed by atoms with van der Waals surface area (Å²) in [7, 11) is 1.68. The van der Waals surface area contributed by atoms with Crippen molar-refractivity contribution in [2.45, 2.75) is 56.5 Å². The molecule has 190 valence electrons. The van der Waals surface area contributed by atoms with Crippen molar-refractivity contribution in [3.63, 3.8) is 0 Å². The number of methoxy groups -OCH3 is 1. The van der Waals surface area contributed by atoms with E-state index in [0.717, 1.165) is 22.7 Å². The number of hydrogen-bond donors (Lipinski definition) is 2. The molecule has 0 radical (unpaired) electrons. The van der Waals surface area contributed by atoms with Crippen molar-refractivity contribution in [1.82, 2.24) is 10.2 Å². The van der Waals surface area contributed by atoms with Gasteiger partial charge in [-0.3, -0.25) is 4.79 Å². The fraction of sp³-hybridized carbons (Fsp3) is 0.387. The highest BCUT2D eigenvalue weighted by atomic mass is 79.9. The zero-order valence-electron chi connectivity index (χ0n) is 21.2. The first-order valence-corrected chi connectivity index (χ1v) is 14.3. The van der Waals surface area contributed by atoms with Crippen molar-refractivity contribution in [2.75, 3.05) is 25.5 Å². The molecule has 2 saturated carbocycles. The van der Waals surface area contributed by atoms with Crippen molar-refractivity contribution < 1.29 is 9.53 Å². The third-order valence-corrected chi connectivity index (χ3v) is 9.18. The number of hydrogen-bond acceptors (Lipinski definition) is 4. The van der Waals surface area contributed by atoms with Crippen molar-refractivity contribution in [3.8, 4) is 5.75 Å². The van der Waals surface area contributed by atoms with Crippen LogP contribution < -0.4 is 15.4 Å². The molecule has 2 aliphatic heterocycles. The summed E-state index contributed by atoms with van der Waals surface area (Å²) < 4.78 is 6.96. The average Bonchev–Trinajstić information content (AvgIpc) is 3.73. The summed E-state index contributed by atoms with van der Waals surface area (Å²) in [5.41, 5.74) is 7.02. The first-order chi connectivity index (χ1) is 18.0. The summed E-state index contributed by atoms with van der Waals surface area (Å²) in [6.45, 7) is 1.39. The molecule has 0 bridgehead atoms. The molecule has 1 saturated heterocycles. The Kier molecular flexibility index (Phi) is 5.50. The summed E-state index contributed by atoms with van der Waals surface area (Å²) in [4.78, 5) is 16.0. The number of rotatable bonds is 3. The Labute approximate surface area is 226 Å². The third-order valence-electron chi connectivity index (χ3n) is 8.68. The van der Waals surface area contributed by atoms with E-state index < -0.39 is 0 Å². The quantitative estimate of drug-likeness (QED) is 0.363. The van der Waals surface area contributed by atoms with Crippen LogP contribution in [0.25, 0.3) is 16.5 Å². The number of fused-ring (bicyclic) bond motifs is 2. The lowest BCUT2D eigenvalue weighted by Gasteiger charge is -2.48. The lowest BCUT2D eigenvalue weighted by Crippen LogP contribution is -2.60. The lowest BCUT2D eigenvalue weighted by atomic mass is 9.84. The number of allylic oxidation sites excluding steroid dienone is 1. The molecule has 7 rings (SSSR count). The van der Waals surface area contributed by atoms with E-state index in [-0.39, 0.29) is 11.6 Å². The van der Waals surface area contributed by atoms with Gasteiger partial charge in [0.05, 0.1) is 12.7 Å². The molecule has 2 aliphatic carbocycles. The topological polar surface area (TPSA) is 53.6 Å². The fourth-order valence-electron chi connectivity index (χ4n) is 6.31. The van der Waals surface area contributed by atoms with Crippen molar-refractivity contribution in [1.29, 1.82) is 0 Å². The Morgan fingerprint density at radius 1 is 1.03 bits per heavy atom. The van der Waals surface area contributed by atoms with Crippen LogP contribution in [0.2, 0.25) is 0 Å². The molecular weight excluding hydrogens is 526 g/mol. The second-order valence-electron chi connectivity index (χ2n) is 11.0. The minimum absolute atomic E-state index is 0.0806. The summed E-state index contributed by atoms with van der Waals surface area (Å²) in [6.07, 6.45) is 7.68. The summed E-state index contributed by atoms with van der Waals surface area (Å²) in [6, 6.07) is 17.0. The predicted molar refractivity (Wildman–Crippen MR) is 152 cm³/mol. The minimum Gasteiger partial charge on any atom is -0.495 e. The van der Waals surface area contributed by atoms with Gasteiger partial charge in [0.1, 0.15) is 11.4 Å². The molecule has 6 heteroatoms. The number of carbonyl (C=O) groups is 1. The summed E-state index contributed by atoms with van der Waals surface area (Å²) in [5, 5.41) is 10.00. The largest absolute Gasteiger partial charge is 0.495 e. The smallest absolute Gasteiger partial charge is 0.257 e. The van der Waals surface area contributed by atoms with Gasteiger partial charge in [-0.05, 0) is 78.8 Å². The number of piperidine rings is 1. The maximum absolute atomic E-state index is 13.9. The zero-order valence-corrected chi connectivity index (χ0v) is 22.8. The van der Waals surface area contributed by atoms with E-state index in [0.29, 0.717) is 30.3 Å². The molecule has 3 aromatic rings. The first kappa shape index (κ1) is 23.2. The first-order valence-electron chi connectivity index (χ1n) is 13.5. The number of carbonyl (C=O) groups excluding carboxylic acids is 1. The zero-order chi connectivity index (χ0) is 25.1. The van der Waals surface area contributed by atoms with Gasteiger partial charge in [-0.25, -0.2) is 0 Å². The summed E-state index contributed by atoms with van der Waals surface area (Å²) >= 11 is 3.65. The second kappa shape index (κ2) is 8.80. The van der Waals surface area contributed by atoms with Crippen LogP contribution in [0.1, 0.15) is 72.3 Å². The second-order valence-corrected chi connectivity index (χ2v) is 11.9. The van der Waals surface area contributed by atoms with Gasteiger partial charge in [-0.15, -0.1) is 0 Å². The van der Waals surface area contributed by atoms with Crippen molar-refractivity contribution >= 4 is 44.0 Å². The van der Waals surface area contributed by atoms with Crippen LogP contribution in [0.5, 0.6) is 5.75 Å². The Balaban J connectivity index is 1.18. The molecule has 3 aromatic carbocycles. The SMILES string of the molecule is COc1c(C(=O)N2CCC3(CC2)NC(=C2CCC2)c2cc(Br)ccc2N3)cc(C2CC2)c2ccccc12. The molecule has 2 heterocycles. The predicted octanol–water partition coefficient (Wildman–Crippen LogP) is 7.03. The van der Waals surface area contributed by atoms with Gasteiger partial charge in [0.15, 0.2) is 0 Å². The maximum atomic E-state index is 13.9. The molecule has 0 unspecified atom stereocenters. The van der Waals surface area contributed by atoms with Gasteiger partial charge in [-0.1, -0.05) is 40.2 Å². The van der Waals surface area contributed by atoms with Crippen LogP contribution in [-0.4, -0.2) is 36.7 Å². The number of ether oxygens (including phenoxy) is 1. The van der Waals surface area contributed by atoms with Gasteiger partial charge in [0.2, 0.25) is 0 Å². The van der Waals surface area contributed by atoms with Gasteiger partial charge >= 0.3 is 0 Å². The molecule has 2 N–H and O–H groups in total. The molecule has 0 aromatic heterocycles. The molecule has 1 spiro atoms. The highest BCUT2D eigenvalue weighted by molar-refractivity contribution is 9.10. The average molecular weight is 559 g/mol. The highest BCUT2D eigenvalue weighted by Gasteiger charge is 2.41. The molecule has 37 heavy (non-hydrogen) atoms. The van der Waals surface area contributed by atoms with Crippen LogP contribution >= 0.6 is 15.9 Å². The number of amides is 1. The van der Waals surface area contributed by atoms with Gasteiger partial charge in [0, 0.05) is 52.7 Å². The number of nitrogens with one attached hydrogen (secondary N) is 2. The number of likely N-dealkylation sites (tertiary alicyclic amines) is 1. The monoisotopic (exact) mass is 557 g/mol. The number of nitrogens with zero attached hydrogens (tertiary/aromatic N) is 1. The van der Waals surface area contributed by atoms with E-state index in [1.807, 2.05) is 11.0 Å². The minimum atomic E-state index is -0.234. The van der Waals surface area contributed by atoms with Crippen LogP contribution in [0.15, 0.2) is 58.6 Å². The lowest BCUT2D eigenvalue weighted by molar-refractivity contribution is 0.0668. The number of halogens is 1. The standard InChI is InChI=1S/C31H32BrN3O2/c1-37-29-23-8-3-2-7-22(23)24(19-9-10-19)18-26(29)30(36)35-15-13-31(14-16-35)33-27-12-11-21(32)17-25(27)28(34-31)20-5-4-6-20/h2-3,7-8,11-12,17-19,33-34H,4-6,9-10,13-16H2,1H3. The normalized spacial score (nSPS) is 20.2. The van der Waals surface area contributed by atoms with E-state index in [1.165, 1.54) is 65.6 Å². The maximum Gasteiger partial charge on any atom is 0.257 e. The van der Waals surface area contributed by atoms with Gasteiger partial charge in [-0.2, -0.15) is 0 Å². The molecule has 4 aliphatic rings. The van der Waals surface area contributed by atoms with Gasteiger partial charge < -0.3 is 20.3 Å². The molecule has 0 atom stereocenters. The van der Waals surface area contributed by atoms with Crippen LogP contribution in [0, 0.1) is 0 Å². The van der Waals surface area contributed by atoms with Crippen LogP contribution in [0.4, 0.5) is 5.69 Å². The highest BCUT2D eigenvalue weighted by Crippen LogP contribution is 2.47. The van der Waals surface area contributed by atoms with E-state index in [1.54, 1.807) is 7.11 Å². The summed E-state index contributed by atoms with van der Waals surface area (Å²) in [5.74, 6) is 1.34.